The molecule has 0 fully saturated rings. The average Bonchev–Trinajstić information content (AvgIpc) is 2.65. The van der Waals surface area contributed by atoms with Crippen LogP contribution in [-0.2, 0) is 10.0 Å². The van der Waals surface area contributed by atoms with E-state index in [9.17, 15) is 8.42 Å². The second-order valence-electron chi connectivity index (χ2n) is 3.88. The van der Waals surface area contributed by atoms with Crippen molar-refractivity contribution in [2.45, 2.75) is 13.3 Å². The van der Waals surface area contributed by atoms with Crippen molar-refractivity contribution in [3.05, 3.63) is 23.2 Å². The molecule has 4 nitrogen and oxygen atoms in total. The number of alkyl halides is 1. The molecular weight excluding hydrogens is 292 g/mol. The number of hydrogen-bond acceptors (Lipinski definition) is 4. The summed E-state index contributed by atoms with van der Waals surface area (Å²) in [5, 5.41) is 0.965. The molecule has 0 aliphatic carbocycles. The molecule has 2 rings (SSSR count). The molecule has 1 heterocycles. The predicted octanol–water partition coefficient (Wildman–Crippen LogP) is 2.98. The minimum atomic E-state index is -3.31. The molecule has 1 aromatic carbocycles. The van der Waals surface area contributed by atoms with Gasteiger partial charge in [-0.05, 0) is 31.5 Å². The van der Waals surface area contributed by atoms with Gasteiger partial charge in [-0.2, -0.15) is 0 Å². The Balaban J connectivity index is 2.21. The number of hydrogen-bond donors (Lipinski definition) is 1. The first-order valence-corrected chi connectivity index (χ1v) is 8.44. The lowest BCUT2D eigenvalue weighted by molar-refractivity contribution is 0.600. The summed E-state index contributed by atoms with van der Waals surface area (Å²) in [4.78, 5) is 4.32. The Morgan fingerprint density at radius 3 is 2.94 bits per heavy atom. The van der Waals surface area contributed by atoms with E-state index in [0.29, 0.717) is 18.0 Å². The number of aromatic nitrogens is 1. The van der Waals surface area contributed by atoms with Crippen LogP contribution in [0.5, 0.6) is 0 Å². The number of thiazole rings is 1. The van der Waals surface area contributed by atoms with Crippen LogP contribution in [0.4, 0.5) is 5.69 Å². The van der Waals surface area contributed by atoms with Crippen LogP contribution >= 0.6 is 22.9 Å². The fourth-order valence-electron chi connectivity index (χ4n) is 1.58. The van der Waals surface area contributed by atoms with Crippen LogP contribution in [0.15, 0.2) is 18.2 Å². The van der Waals surface area contributed by atoms with Crippen LogP contribution in [0, 0.1) is 6.92 Å². The van der Waals surface area contributed by atoms with Crippen molar-refractivity contribution in [3.63, 3.8) is 0 Å². The maximum Gasteiger partial charge on any atom is 0.232 e. The molecule has 7 heteroatoms. The zero-order valence-corrected chi connectivity index (χ0v) is 12.2. The number of benzene rings is 1. The largest absolute Gasteiger partial charge is 0.284 e. The van der Waals surface area contributed by atoms with E-state index in [2.05, 4.69) is 9.71 Å². The van der Waals surface area contributed by atoms with E-state index in [1.165, 1.54) is 0 Å². The minimum absolute atomic E-state index is 0.0380. The zero-order valence-electron chi connectivity index (χ0n) is 9.81. The molecule has 0 bridgehead atoms. The Morgan fingerprint density at radius 2 is 2.22 bits per heavy atom. The van der Waals surface area contributed by atoms with Crippen molar-refractivity contribution >= 4 is 48.9 Å². The molecule has 0 radical (unpaired) electrons. The lowest BCUT2D eigenvalue weighted by Gasteiger charge is -2.06. The highest BCUT2D eigenvalue weighted by Crippen LogP contribution is 2.25. The second-order valence-corrected chi connectivity index (χ2v) is 7.33. The Kier molecular flexibility index (Phi) is 4.09. The average molecular weight is 305 g/mol. The number of fused-ring (bicyclic) bond motifs is 1. The fourth-order valence-corrected chi connectivity index (χ4v) is 3.85. The Hall–Kier alpha value is -0.850. The molecular formula is C11H13ClN2O2S2. The number of nitrogens with zero attached hydrogens (tertiary/aromatic N) is 1. The summed E-state index contributed by atoms with van der Waals surface area (Å²) in [5.74, 6) is 0.379. The van der Waals surface area contributed by atoms with Crippen molar-refractivity contribution in [1.29, 1.82) is 0 Å². The molecule has 0 aliphatic heterocycles. The molecule has 0 saturated carbocycles. The van der Waals surface area contributed by atoms with Crippen molar-refractivity contribution in [2.24, 2.45) is 0 Å². The summed E-state index contributed by atoms with van der Waals surface area (Å²) < 4.78 is 27.0. The van der Waals surface area contributed by atoms with E-state index >= 15 is 0 Å². The highest BCUT2D eigenvalue weighted by molar-refractivity contribution is 7.92. The van der Waals surface area contributed by atoms with E-state index in [-0.39, 0.29) is 5.75 Å². The molecule has 0 saturated heterocycles. The van der Waals surface area contributed by atoms with Gasteiger partial charge in [-0.15, -0.1) is 22.9 Å². The SMILES string of the molecule is Cc1nc2ccc(NS(=O)(=O)CCCCl)cc2s1. The molecule has 0 spiro atoms. The molecule has 0 amide bonds. The second kappa shape index (κ2) is 5.42. The highest BCUT2D eigenvalue weighted by Gasteiger charge is 2.10. The fraction of sp³-hybridized carbons (Fsp3) is 0.364. The molecule has 2 aromatic rings. The lowest BCUT2D eigenvalue weighted by atomic mass is 10.3. The summed E-state index contributed by atoms with van der Waals surface area (Å²) >= 11 is 7.04. The molecule has 1 N–H and O–H groups in total. The van der Waals surface area contributed by atoms with E-state index in [4.69, 9.17) is 11.6 Å². The van der Waals surface area contributed by atoms with Crippen LogP contribution in [0.25, 0.3) is 10.2 Å². The summed E-state index contributed by atoms with van der Waals surface area (Å²) in [6, 6.07) is 5.34. The maximum absolute atomic E-state index is 11.7. The summed E-state index contributed by atoms with van der Waals surface area (Å²) in [6.07, 6.45) is 0.443. The lowest BCUT2D eigenvalue weighted by Crippen LogP contribution is -2.16. The number of halogens is 1. The van der Waals surface area contributed by atoms with Gasteiger partial charge < -0.3 is 0 Å². The summed E-state index contributed by atoms with van der Waals surface area (Å²) in [7, 11) is -3.31. The zero-order chi connectivity index (χ0) is 13.2. The third-order valence-electron chi connectivity index (χ3n) is 2.32. The normalized spacial score (nSPS) is 11.9. The van der Waals surface area contributed by atoms with Gasteiger partial charge >= 0.3 is 0 Å². The van der Waals surface area contributed by atoms with Crippen molar-refractivity contribution in [1.82, 2.24) is 4.98 Å². The van der Waals surface area contributed by atoms with Gasteiger partial charge in [0.2, 0.25) is 10.0 Å². The van der Waals surface area contributed by atoms with Gasteiger partial charge in [0, 0.05) is 5.88 Å². The van der Waals surface area contributed by atoms with Gasteiger partial charge in [-0.25, -0.2) is 13.4 Å². The van der Waals surface area contributed by atoms with Gasteiger partial charge in [-0.3, -0.25) is 4.72 Å². The van der Waals surface area contributed by atoms with Crippen LogP contribution in [0.2, 0.25) is 0 Å². The first-order valence-electron chi connectivity index (χ1n) is 5.44. The predicted molar refractivity (Wildman–Crippen MR) is 77.1 cm³/mol. The summed E-state index contributed by atoms with van der Waals surface area (Å²) in [6.45, 7) is 1.93. The standard InChI is InChI=1S/C11H13ClN2O2S2/c1-8-13-10-4-3-9(7-11(10)17-8)14-18(15,16)6-2-5-12/h3-4,7,14H,2,5-6H2,1H3. The molecule has 0 aliphatic rings. The van der Waals surface area contributed by atoms with E-state index in [1.54, 1.807) is 23.5 Å². The van der Waals surface area contributed by atoms with Gasteiger partial charge in [-0.1, -0.05) is 0 Å². The Labute approximate surface area is 115 Å². The highest BCUT2D eigenvalue weighted by atomic mass is 35.5. The Bertz CT molecular complexity index is 652. The van der Waals surface area contributed by atoms with Gasteiger partial charge in [0.1, 0.15) is 0 Å². The number of sulfonamides is 1. The quantitative estimate of drug-likeness (QED) is 0.864. The van der Waals surface area contributed by atoms with Gasteiger partial charge in [0.25, 0.3) is 0 Å². The molecule has 1 aromatic heterocycles. The maximum atomic E-state index is 11.7. The third kappa shape index (κ3) is 3.34. The summed E-state index contributed by atoms with van der Waals surface area (Å²) in [5.41, 5.74) is 1.46. The number of anilines is 1. The number of rotatable bonds is 5. The van der Waals surface area contributed by atoms with Gasteiger partial charge in [0.15, 0.2) is 0 Å². The van der Waals surface area contributed by atoms with E-state index in [1.807, 2.05) is 13.0 Å². The minimum Gasteiger partial charge on any atom is -0.284 e. The molecule has 98 valence electrons. The number of nitrogens with one attached hydrogen (secondary N) is 1. The van der Waals surface area contributed by atoms with Crippen molar-refractivity contribution < 1.29 is 8.42 Å². The Morgan fingerprint density at radius 1 is 1.44 bits per heavy atom. The number of aryl methyl sites for hydroxylation is 1. The molecule has 0 unspecified atom stereocenters. The van der Waals surface area contributed by atoms with Crippen LogP contribution < -0.4 is 4.72 Å². The van der Waals surface area contributed by atoms with Crippen molar-refractivity contribution in [2.75, 3.05) is 16.4 Å². The van der Waals surface area contributed by atoms with E-state index in [0.717, 1.165) is 15.2 Å². The van der Waals surface area contributed by atoms with Crippen LogP contribution in [0.3, 0.4) is 0 Å². The smallest absolute Gasteiger partial charge is 0.232 e. The van der Waals surface area contributed by atoms with Crippen LogP contribution in [-0.4, -0.2) is 25.0 Å². The molecule has 0 atom stereocenters. The first-order chi connectivity index (χ1) is 8.50. The van der Waals surface area contributed by atoms with Gasteiger partial charge in [0.05, 0.1) is 26.7 Å². The first kappa shape index (κ1) is 13.6. The topological polar surface area (TPSA) is 59.1 Å². The van der Waals surface area contributed by atoms with Crippen molar-refractivity contribution in [3.8, 4) is 0 Å². The molecule has 18 heavy (non-hydrogen) atoms. The monoisotopic (exact) mass is 304 g/mol. The van der Waals surface area contributed by atoms with Crippen LogP contribution in [0.1, 0.15) is 11.4 Å². The third-order valence-corrected chi connectivity index (χ3v) is 4.89. The van der Waals surface area contributed by atoms with E-state index < -0.39 is 10.0 Å².